The molecule has 3 nitrogen and oxygen atoms in total. The summed E-state index contributed by atoms with van der Waals surface area (Å²) in [6, 6.07) is 6.06. The summed E-state index contributed by atoms with van der Waals surface area (Å²) in [6.07, 6.45) is 1.76. The van der Waals surface area contributed by atoms with E-state index in [2.05, 4.69) is 30.3 Å². The average Bonchev–Trinajstić information content (AvgIpc) is 2.35. The van der Waals surface area contributed by atoms with Gasteiger partial charge in [0.05, 0.1) is 6.10 Å². The summed E-state index contributed by atoms with van der Waals surface area (Å²) < 4.78 is 0. The van der Waals surface area contributed by atoms with E-state index in [9.17, 15) is 5.11 Å². The quantitative estimate of drug-likeness (QED) is 0.842. The molecule has 2 rings (SSSR count). The van der Waals surface area contributed by atoms with Crippen LogP contribution in [0.1, 0.15) is 25.3 Å². The minimum Gasteiger partial charge on any atom is -0.393 e. The lowest BCUT2D eigenvalue weighted by atomic mass is 9.82. The molecule has 0 bridgehead atoms. The fraction of sp³-hybridized carbons (Fsp3) is 0.600. The largest absolute Gasteiger partial charge is 0.393 e. The summed E-state index contributed by atoms with van der Waals surface area (Å²) in [7, 11) is 2.10. The summed E-state index contributed by atoms with van der Waals surface area (Å²) in [5.74, 6) is 0.603. The van der Waals surface area contributed by atoms with E-state index in [-0.39, 0.29) is 6.10 Å². The Kier molecular flexibility index (Phi) is 5.08. The molecule has 0 aromatic heterocycles. The lowest BCUT2D eigenvalue weighted by molar-refractivity contribution is 0.0464. The molecular weight excluding hydrogens is 260 g/mol. The number of aliphatic hydroxyl groups excluding tert-OH is 1. The van der Waals surface area contributed by atoms with Gasteiger partial charge in [-0.3, -0.25) is 0 Å². The van der Waals surface area contributed by atoms with Gasteiger partial charge in [-0.2, -0.15) is 0 Å². The fourth-order valence-corrected chi connectivity index (χ4v) is 2.90. The Balaban J connectivity index is 2.06. The van der Waals surface area contributed by atoms with Gasteiger partial charge in [-0.15, -0.1) is 0 Å². The first kappa shape index (κ1) is 14.6. The van der Waals surface area contributed by atoms with Gasteiger partial charge in [0, 0.05) is 36.4 Å². The zero-order chi connectivity index (χ0) is 13.8. The van der Waals surface area contributed by atoms with Crippen molar-refractivity contribution in [3.63, 3.8) is 0 Å². The summed E-state index contributed by atoms with van der Waals surface area (Å²) in [4.78, 5) is 2.26. The van der Waals surface area contributed by atoms with E-state index in [1.165, 1.54) is 5.69 Å². The van der Waals surface area contributed by atoms with E-state index < -0.39 is 0 Å². The molecule has 1 aromatic carbocycles. The number of hydrogen-bond donors (Lipinski definition) is 2. The van der Waals surface area contributed by atoms with Crippen molar-refractivity contribution in [3.05, 3.63) is 28.8 Å². The molecule has 0 radical (unpaired) electrons. The molecule has 0 unspecified atom stereocenters. The first-order valence-corrected chi connectivity index (χ1v) is 7.37. The van der Waals surface area contributed by atoms with E-state index in [1.54, 1.807) is 0 Å². The Morgan fingerprint density at radius 1 is 1.42 bits per heavy atom. The smallest absolute Gasteiger partial charge is 0.0546 e. The van der Waals surface area contributed by atoms with Crippen LogP contribution in [-0.2, 0) is 6.54 Å². The molecule has 0 amide bonds. The average molecular weight is 283 g/mol. The van der Waals surface area contributed by atoms with Crippen LogP contribution in [0, 0.1) is 5.92 Å². The number of hydrogen-bond acceptors (Lipinski definition) is 3. The number of halogens is 1. The Bertz CT molecular complexity index is 419. The number of anilines is 1. The Hall–Kier alpha value is -0.770. The lowest BCUT2D eigenvalue weighted by Crippen LogP contribution is -2.37. The van der Waals surface area contributed by atoms with Crippen molar-refractivity contribution in [1.82, 2.24) is 5.32 Å². The standard InChI is InChI=1S/C15H23ClN2O/c1-3-17-9-13-14(16)5-4-6-15(13)18(2)10-11-7-12(19)8-11/h4-6,11-12,17,19H,3,7-10H2,1-2H3. The van der Waals surface area contributed by atoms with Gasteiger partial charge in [-0.05, 0) is 37.4 Å². The number of nitrogens with zero attached hydrogens (tertiary/aromatic N) is 1. The minimum atomic E-state index is -0.0843. The normalized spacial score (nSPS) is 22.1. The lowest BCUT2D eigenvalue weighted by Gasteiger charge is -2.36. The van der Waals surface area contributed by atoms with Gasteiger partial charge < -0.3 is 15.3 Å². The first-order valence-electron chi connectivity index (χ1n) is 6.99. The van der Waals surface area contributed by atoms with Crippen LogP contribution in [0.4, 0.5) is 5.69 Å². The van der Waals surface area contributed by atoms with Crippen LogP contribution >= 0.6 is 11.6 Å². The highest BCUT2D eigenvalue weighted by molar-refractivity contribution is 6.31. The molecule has 1 saturated carbocycles. The molecule has 19 heavy (non-hydrogen) atoms. The highest BCUT2D eigenvalue weighted by Crippen LogP contribution is 2.32. The predicted molar refractivity (Wildman–Crippen MR) is 80.8 cm³/mol. The van der Waals surface area contributed by atoms with Crippen molar-refractivity contribution in [3.8, 4) is 0 Å². The van der Waals surface area contributed by atoms with Gasteiger partial charge in [-0.25, -0.2) is 0 Å². The molecule has 106 valence electrons. The molecule has 1 aliphatic rings. The van der Waals surface area contributed by atoms with E-state index in [0.29, 0.717) is 5.92 Å². The van der Waals surface area contributed by atoms with Crippen molar-refractivity contribution >= 4 is 17.3 Å². The number of benzene rings is 1. The maximum Gasteiger partial charge on any atom is 0.0546 e. The Labute approximate surface area is 120 Å². The Morgan fingerprint density at radius 2 is 2.16 bits per heavy atom. The van der Waals surface area contributed by atoms with Crippen molar-refractivity contribution in [2.45, 2.75) is 32.4 Å². The molecule has 2 N–H and O–H groups in total. The summed E-state index contributed by atoms with van der Waals surface area (Å²) >= 11 is 6.31. The monoisotopic (exact) mass is 282 g/mol. The van der Waals surface area contributed by atoms with Gasteiger partial charge in [0.1, 0.15) is 0 Å². The van der Waals surface area contributed by atoms with E-state index in [1.807, 2.05) is 12.1 Å². The van der Waals surface area contributed by atoms with Gasteiger partial charge in [0.2, 0.25) is 0 Å². The third-order valence-corrected chi connectivity index (χ3v) is 4.15. The SMILES string of the molecule is CCNCc1c(Cl)cccc1N(C)CC1CC(O)C1. The molecule has 1 aromatic rings. The molecule has 0 heterocycles. The van der Waals surface area contributed by atoms with Crippen LogP contribution < -0.4 is 10.2 Å². The molecular formula is C15H23ClN2O. The van der Waals surface area contributed by atoms with Crippen molar-refractivity contribution in [2.75, 3.05) is 25.0 Å². The summed E-state index contributed by atoms with van der Waals surface area (Å²) in [5, 5.41) is 13.5. The second kappa shape index (κ2) is 6.60. The highest BCUT2D eigenvalue weighted by atomic mass is 35.5. The second-order valence-electron chi connectivity index (χ2n) is 5.39. The molecule has 1 aliphatic carbocycles. The third-order valence-electron chi connectivity index (χ3n) is 3.80. The zero-order valence-corrected chi connectivity index (χ0v) is 12.5. The minimum absolute atomic E-state index is 0.0843. The van der Waals surface area contributed by atoms with E-state index >= 15 is 0 Å². The third kappa shape index (κ3) is 3.62. The van der Waals surface area contributed by atoms with Gasteiger partial charge in [0.25, 0.3) is 0 Å². The van der Waals surface area contributed by atoms with Crippen LogP contribution in [0.2, 0.25) is 5.02 Å². The molecule has 0 saturated heterocycles. The number of rotatable bonds is 6. The molecule has 1 fully saturated rings. The van der Waals surface area contributed by atoms with Crippen LogP contribution in [0.3, 0.4) is 0 Å². The van der Waals surface area contributed by atoms with Crippen LogP contribution in [-0.4, -0.2) is 31.3 Å². The van der Waals surface area contributed by atoms with Crippen LogP contribution in [0.25, 0.3) is 0 Å². The second-order valence-corrected chi connectivity index (χ2v) is 5.80. The van der Waals surface area contributed by atoms with Gasteiger partial charge in [-0.1, -0.05) is 24.6 Å². The van der Waals surface area contributed by atoms with Crippen molar-refractivity contribution in [1.29, 1.82) is 0 Å². The topological polar surface area (TPSA) is 35.5 Å². The summed E-state index contributed by atoms with van der Waals surface area (Å²) in [5.41, 5.74) is 2.35. The maximum absolute atomic E-state index is 9.37. The van der Waals surface area contributed by atoms with Crippen molar-refractivity contribution < 1.29 is 5.11 Å². The Morgan fingerprint density at radius 3 is 2.79 bits per heavy atom. The van der Waals surface area contributed by atoms with Crippen LogP contribution in [0.5, 0.6) is 0 Å². The number of aliphatic hydroxyl groups is 1. The van der Waals surface area contributed by atoms with E-state index in [4.69, 9.17) is 11.6 Å². The summed E-state index contributed by atoms with van der Waals surface area (Å²) in [6.45, 7) is 4.80. The van der Waals surface area contributed by atoms with E-state index in [0.717, 1.165) is 43.1 Å². The van der Waals surface area contributed by atoms with Crippen LogP contribution in [0.15, 0.2) is 18.2 Å². The van der Waals surface area contributed by atoms with Crippen molar-refractivity contribution in [2.24, 2.45) is 5.92 Å². The maximum atomic E-state index is 9.37. The zero-order valence-electron chi connectivity index (χ0n) is 11.7. The molecule has 0 spiro atoms. The highest BCUT2D eigenvalue weighted by Gasteiger charge is 2.28. The fourth-order valence-electron chi connectivity index (χ4n) is 2.67. The number of nitrogens with one attached hydrogen (secondary N) is 1. The molecule has 0 aliphatic heterocycles. The first-order chi connectivity index (χ1) is 9.11. The molecule has 0 atom stereocenters. The predicted octanol–water partition coefficient (Wildman–Crippen LogP) is 2.66. The van der Waals surface area contributed by atoms with Gasteiger partial charge in [0.15, 0.2) is 0 Å². The molecule has 4 heteroatoms. The van der Waals surface area contributed by atoms with Gasteiger partial charge >= 0.3 is 0 Å².